The average molecular weight is 307 g/mol. The molecule has 4 heteroatoms. The highest BCUT2D eigenvalue weighted by Crippen LogP contribution is 2.36. The van der Waals surface area contributed by atoms with Gasteiger partial charge >= 0.3 is 0 Å². The summed E-state index contributed by atoms with van der Waals surface area (Å²) in [5.41, 5.74) is 0.244. The third kappa shape index (κ3) is 2.38. The predicted octanol–water partition coefficient (Wildman–Crippen LogP) is 5.59. The molecule has 3 rings (SSSR count). The van der Waals surface area contributed by atoms with E-state index in [1.807, 2.05) is 0 Å². The second-order valence-corrected chi connectivity index (χ2v) is 5.12. The van der Waals surface area contributed by atoms with Gasteiger partial charge in [-0.3, -0.25) is 0 Å². The first-order valence-electron chi connectivity index (χ1n) is 6.34. The van der Waals surface area contributed by atoms with Gasteiger partial charge in [-0.1, -0.05) is 36.4 Å². The number of benzene rings is 3. The van der Waals surface area contributed by atoms with Crippen LogP contribution in [0.3, 0.4) is 0 Å². The summed E-state index contributed by atoms with van der Waals surface area (Å²) in [7, 11) is 0. The van der Waals surface area contributed by atoms with Gasteiger partial charge in [0.25, 0.3) is 0 Å². The Kier molecular flexibility index (Phi) is 3.60. The van der Waals surface area contributed by atoms with E-state index in [2.05, 4.69) is 0 Å². The quantitative estimate of drug-likeness (QED) is 0.542. The van der Waals surface area contributed by atoms with Crippen molar-refractivity contribution in [1.29, 1.82) is 0 Å². The van der Waals surface area contributed by atoms with Crippen LogP contribution in [-0.4, -0.2) is 0 Å². The van der Waals surface area contributed by atoms with Crippen LogP contribution in [0.1, 0.15) is 16.5 Å². The maximum absolute atomic E-state index is 13.9. The summed E-state index contributed by atoms with van der Waals surface area (Å²) < 4.78 is 41.5. The highest BCUT2D eigenvalue weighted by atomic mass is 35.5. The standard InChI is InChI=1S/C17H10ClF3/c18-17(16-14(20)6-3-7-15(16)21)12-8-9-13(19)11-5-2-1-4-10(11)12/h1-9,17H. The highest BCUT2D eigenvalue weighted by Gasteiger charge is 2.22. The fourth-order valence-corrected chi connectivity index (χ4v) is 2.81. The second kappa shape index (κ2) is 5.41. The molecule has 3 aromatic carbocycles. The molecule has 0 heterocycles. The van der Waals surface area contributed by atoms with Crippen molar-refractivity contribution in [1.82, 2.24) is 0 Å². The summed E-state index contributed by atoms with van der Waals surface area (Å²) in [5.74, 6) is -1.83. The molecule has 1 unspecified atom stereocenters. The molecule has 0 nitrogen and oxygen atoms in total. The lowest BCUT2D eigenvalue weighted by atomic mass is 9.97. The minimum absolute atomic E-state index is 0.226. The fourth-order valence-electron chi connectivity index (χ4n) is 2.41. The van der Waals surface area contributed by atoms with Gasteiger partial charge in [-0.05, 0) is 29.1 Å². The van der Waals surface area contributed by atoms with Crippen molar-refractivity contribution in [2.45, 2.75) is 5.38 Å². The molecule has 0 aromatic heterocycles. The van der Waals surface area contributed by atoms with E-state index in [0.29, 0.717) is 16.3 Å². The number of fused-ring (bicyclic) bond motifs is 1. The zero-order valence-corrected chi connectivity index (χ0v) is 11.5. The van der Waals surface area contributed by atoms with Crippen LogP contribution in [0.5, 0.6) is 0 Å². The Morgan fingerprint density at radius 3 is 1.95 bits per heavy atom. The number of hydrogen-bond acceptors (Lipinski definition) is 0. The van der Waals surface area contributed by atoms with Gasteiger partial charge in [-0.2, -0.15) is 0 Å². The summed E-state index contributed by atoms with van der Waals surface area (Å²) in [6.07, 6.45) is 0. The molecule has 0 aliphatic carbocycles. The zero-order valence-electron chi connectivity index (χ0n) is 10.8. The minimum atomic E-state index is -1.03. The summed E-state index contributed by atoms with van der Waals surface area (Å²) in [6.45, 7) is 0. The average Bonchev–Trinajstić information content (AvgIpc) is 2.47. The maximum Gasteiger partial charge on any atom is 0.131 e. The van der Waals surface area contributed by atoms with E-state index >= 15 is 0 Å². The third-order valence-corrected chi connectivity index (χ3v) is 3.88. The molecular weight excluding hydrogens is 297 g/mol. The maximum atomic E-state index is 13.9. The Bertz CT molecular complexity index is 794. The van der Waals surface area contributed by atoms with E-state index in [-0.39, 0.29) is 5.56 Å². The van der Waals surface area contributed by atoms with Gasteiger partial charge in [0, 0.05) is 10.9 Å². The normalized spacial score (nSPS) is 12.6. The Hall–Kier alpha value is -2.00. The zero-order chi connectivity index (χ0) is 15.0. The van der Waals surface area contributed by atoms with E-state index < -0.39 is 22.8 Å². The molecule has 1 atom stereocenters. The topological polar surface area (TPSA) is 0 Å². The van der Waals surface area contributed by atoms with Crippen LogP contribution < -0.4 is 0 Å². The SMILES string of the molecule is Fc1cccc(F)c1C(Cl)c1ccc(F)c2ccccc12. The van der Waals surface area contributed by atoms with Crippen LogP contribution in [-0.2, 0) is 0 Å². The van der Waals surface area contributed by atoms with E-state index in [1.165, 1.54) is 18.2 Å². The van der Waals surface area contributed by atoms with Crippen molar-refractivity contribution in [2.24, 2.45) is 0 Å². The van der Waals surface area contributed by atoms with Crippen LogP contribution in [0.25, 0.3) is 10.8 Å². The van der Waals surface area contributed by atoms with Crippen LogP contribution in [0.15, 0.2) is 54.6 Å². The first-order valence-corrected chi connectivity index (χ1v) is 6.78. The van der Waals surface area contributed by atoms with E-state index in [1.54, 1.807) is 24.3 Å². The molecule has 0 radical (unpaired) electrons. The van der Waals surface area contributed by atoms with Crippen LogP contribution in [0, 0.1) is 17.5 Å². The summed E-state index contributed by atoms with van der Waals surface area (Å²) in [5, 5.41) is -0.116. The third-order valence-electron chi connectivity index (χ3n) is 3.43. The summed E-state index contributed by atoms with van der Waals surface area (Å²) in [4.78, 5) is 0. The summed E-state index contributed by atoms with van der Waals surface area (Å²) >= 11 is 6.27. The lowest BCUT2D eigenvalue weighted by Gasteiger charge is -2.15. The van der Waals surface area contributed by atoms with Crippen LogP contribution in [0.2, 0.25) is 0 Å². The predicted molar refractivity (Wildman–Crippen MR) is 78.0 cm³/mol. The molecule has 0 N–H and O–H groups in total. The van der Waals surface area contributed by atoms with Gasteiger partial charge in [-0.15, -0.1) is 11.6 Å². The van der Waals surface area contributed by atoms with Gasteiger partial charge in [0.05, 0.1) is 5.38 Å². The van der Waals surface area contributed by atoms with Crippen molar-refractivity contribution in [3.05, 3.63) is 83.2 Å². The van der Waals surface area contributed by atoms with Gasteiger partial charge in [-0.25, -0.2) is 13.2 Å². The first-order chi connectivity index (χ1) is 10.1. The summed E-state index contributed by atoms with van der Waals surface area (Å²) in [6, 6.07) is 13.0. The molecule has 106 valence electrons. The van der Waals surface area contributed by atoms with Gasteiger partial charge in [0.15, 0.2) is 0 Å². The highest BCUT2D eigenvalue weighted by molar-refractivity contribution is 6.23. The molecule has 0 spiro atoms. The van der Waals surface area contributed by atoms with Gasteiger partial charge in [0.1, 0.15) is 17.5 Å². The molecule has 0 saturated carbocycles. The molecule has 0 aliphatic rings. The first kappa shape index (κ1) is 14.0. The number of rotatable bonds is 2. The number of alkyl halides is 1. The smallest absolute Gasteiger partial charge is 0.131 e. The Morgan fingerprint density at radius 1 is 0.667 bits per heavy atom. The molecule has 21 heavy (non-hydrogen) atoms. The molecule has 0 aliphatic heterocycles. The van der Waals surface area contributed by atoms with Crippen molar-refractivity contribution >= 4 is 22.4 Å². The van der Waals surface area contributed by atoms with Crippen molar-refractivity contribution in [2.75, 3.05) is 0 Å². The lowest BCUT2D eigenvalue weighted by molar-refractivity contribution is 0.559. The molecule has 0 fully saturated rings. The molecule has 0 bridgehead atoms. The number of halogens is 4. The largest absolute Gasteiger partial charge is 0.207 e. The monoisotopic (exact) mass is 306 g/mol. The van der Waals surface area contributed by atoms with E-state index in [9.17, 15) is 13.2 Å². The van der Waals surface area contributed by atoms with Crippen LogP contribution >= 0.6 is 11.6 Å². The Balaban J connectivity index is 2.23. The van der Waals surface area contributed by atoms with Crippen LogP contribution in [0.4, 0.5) is 13.2 Å². The molecule has 3 aromatic rings. The molecular formula is C17H10ClF3. The molecule has 0 saturated heterocycles. The van der Waals surface area contributed by atoms with Gasteiger partial charge < -0.3 is 0 Å². The lowest BCUT2D eigenvalue weighted by Crippen LogP contribution is -2.02. The second-order valence-electron chi connectivity index (χ2n) is 4.68. The number of hydrogen-bond donors (Lipinski definition) is 0. The van der Waals surface area contributed by atoms with E-state index in [0.717, 1.165) is 12.1 Å². The van der Waals surface area contributed by atoms with Crippen molar-refractivity contribution in [3.8, 4) is 0 Å². The van der Waals surface area contributed by atoms with E-state index in [4.69, 9.17) is 11.6 Å². The van der Waals surface area contributed by atoms with Gasteiger partial charge in [0.2, 0.25) is 0 Å². The Morgan fingerprint density at radius 2 is 1.29 bits per heavy atom. The molecule has 0 amide bonds. The van der Waals surface area contributed by atoms with Crippen molar-refractivity contribution in [3.63, 3.8) is 0 Å². The fraction of sp³-hybridized carbons (Fsp3) is 0.0588. The van der Waals surface area contributed by atoms with Crippen molar-refractivity contribution < 1.29 is 13.2 Å². The minimum Gasteiger partial charge on any atom is -0.207 e. The Labute approximate surface area is 124 Å².